The molecule has 6 rings (SSSR count). The molecule has 12 nitrogen and oxygen atoms in total. The van der Waals surface area contributed by atoms with Gasteiger partial charge in [0, 0.05) is 56.0 Å². The predicted octanol–water partition coefficient (Wildman–Crippen LogP) is 3.80. The Balaban J connectivity index is 1.09. The lowest BCUT2D eigenvalue weighted by atomic mass is 9.92. The first kappa shape index (κ1) is 30.9. The maximum absolute atomic E-state index is 12.5. The molecule has 1 N–H and O–H groups in total. The van der Waals surface area contributed by atoms with Crippen molar-refractivity contribution in [3.63, 3.8) is 0 Å². The second kappa shape index (κ2) is 12.7. The fourth-order valence-electron chi connectivity index (χ4n) is 6.72. The summed E-state index contributed by atoms with van der Waals surface area (Å²) in [4.78, 5) is 49.2. The minimum Gasteiger partial charge on any atom is -0.489 e. The summed E-state index contributed by atoms with van der Waals surface area (Å²) in [6, 6.07) is 9.86. The van der Waals surface area contributed by atoms with Crippen LogP contribution in [0, 0.1) is 0 Å². The molecule has 3 aliphatic rings. The number of rotatable bonds is 6. The number of nitrogens with zero attached hydrogens (tertiary/aromatic N) is 5. The molecule has 0 unspecified atom stereocenters. The minimum atomic E-state index is -0.605. The van der Waals surface area contributed by atoms with Crippen LogP contribution in [0.25, 0.3) is 0 Å². The highest BCUT2D eigenvalue weighted by molar-refractivity contribution is 9.10. The van der Waals surface area contributed by atoms with Gasteiger partial charge in [0.1, 0.15) is 23.9 Å². The molecule has 13 heteroatoms. The van der Waals surface area contributed by atoms with Crippen LogP contribution in [0.5, 0.6) is 5.75 Å². The number of ether oxygens (including phenoxy) is 3. The molecule has 3 aliphatic heterocycles. The van der Waals surface area contributed by atoms with Gasteiger partial charge in [0.25, 0.3) is 5.56 Å². The number of carbonyl (C=O) groups is 2. The van der Waals surface area contributed by atoms with Crippen molar-refractivity contribution in [1.82, 2.24) is 14.5 Å². The first-order chi connectivity index (χ1) is 21.7. The lowest BCUT2D eigenvalue weighted by Crippen LogP contribution is -2.59. The van der Waals surface area contributed by atoms with Gasteiger partial charge in [-0.2, -0.15) is 0 Å². The highest BCUT2D eigenvalue weighted by Crippen LogP contribution is 2.40. The minimum absolute atomic E-state index is 0.123. The number of nitrogens with one attached hydrogen (secondary N) is 1. The number of halogens is 1. The van der Waals surface area contributed by atoms with Crippen LogP contribution >= 0.6 is 15.9 Å². The van der Waals surface area contributed by atoms with Gasteiger partial charge in [-0.3, -0.25) is 9.69 Å². The lowest BCUT2D eigenvalue weighted by Gasteiger charge is -2.50. The van der Waals surface area contributed by atoms with Crippen LogP contribution in [0.3, 0.4) is 0 Å². The number of carbonyl (C=O) groups excluding carboxylic acids is 2. The van der Waals surface area contributed by atoms with Crippen LogP contribution in [0.2, 0.25) is 0 Å². The maximum atomic E-state index is 12.5. The monoisotopic (exact) mass is 680 g/mol. The zero-order chi connectivity index (χ0) is 31.8. The molecule has 5 heterocycles. The first-order valence-electron chi connectivity index (χ1n) is 15.0. The van der Waals surface area contributed by atoms with E-state index in [9.17, 15) is 14.4 Å². The van der Waals surface area contributed by atoms with Gasteiger partial charge in [-0.05, 0) is 66.0 Å². The zero-order valence-electron chi connectivity index (χ0n) is 25.8. The molecule has 0 bridgehead atoms. The summed E-state index contributed by atoms with van der Waals surface area (Å²) in [7, 11) is 4.30. The molecule has 0 saturated carbocycles. The summed E-state index contributed by atoms with van der Waals surface area (Å²) < 4.78 is 18.3. The van der Waals surface area contributed by atoms with Gasteiger partial charge in [0.2, 0.25) is 0 Å². The number of pyridine rings is 2. The number of anilines is 4. The average Bonchev–Trinajstić information content (AvgIpc) is 3.05. The molecule has 0 spiro atoms. The number of hydrogen-bond donors (Lipinski definition) is 1. The van der Waals surface area contributed by atoms with E-state index in [1.54, 1.807) is 31.4 Å². The Labute approximate surface area is 270 Å². The number of esters is 2. The molecule has 238 valence electrons. The van der Waals surface area contributed by atoms with Crippen molar-refractivity contribution in [2.45, 2.75) is 37.9 Å². The SMILES string of the molecule is COC(=O)c1cc2c(cc1C(=O)OC)N1CC[C@@H](N3CCN(c4ccc(Nc5cc(Br)cn(C)c5=O)nc4)[C@@H](C)C3)C[C@H]1CO2. The number of hydrogen-bond acceptors (Lipinski definition) is 11. The van der Waals surface area contributed by atoms with E-state index in [0.717, 1.165) is 54.9 Å². The fraction of sp³-hybridized carbons (Fsp3) is 0.438. The van der Waals surface area contributed by atoms with Crippen LogP contribution in [-0.2, 0) is 16.5 Å². The Kier molecular flexibility index (Phi) is 8.74. The van der Waals surface area contributed by atoms with E-state index in [2.05, 4.69) is 47.9 Å². The van der Waals surface area contributed by atoms with Crippen molar-refractivity contribution in [2.75, 3.05) is 62.1 Å². The van der Waals surface area contributed by atoms with Crippen molar-refractivity contribution in [1.29, 1.82) is 0 Å². The molecule has 1 aromatic carbocycles. The van der Waals surface area contributed by atoms with Gasteiger partial charge in [-0.15, -0.1) is 0 Å². The molecule has 0 radical (unpaired) electrons. The molecular weight excluding hydrogens is 644 g/mol. The van der Waals surface area contributed by atoms with E-state index in [1.165, 1.54) is 18.8 Å². The molecule has 45 heavy (non-hydrogen) atoms. The van der Waals surface area contributed by atoms with Crippen molar-refractivity contribution in [3.8, 4) is 5.75 Å². The van der Waals surface area contributed by atoms with Gasteiger partial charge in [0.15, 0.2) is 0 Å². The van der Waals surface area contributed by atoms with Crippen molar-refractivity contribution in [2.24, 2.45) is 7.05 Å². The number of benzene rings is 1. The van der Waals surface area contributed by atoms with E-state index in [4.69, 9.17) is 14.2 Å². The van der Waals surface area contributed by atoms with Gasteiger partial charge >= 0.3 is 11.9 Å². The van der Waals surface area contributed by atoms with E-state index in [0.29, 0.717) is 29.9 Å². The summed E-state index contributed by atoms with van der Waals surface area (Å²) in [6.45, 7) is 6.31. The largest absolute Gasteiger partial charge is 0.489 e. The number of fused-ring (bicyclic) bond motifs is 3. The van der Waals surface area contributed by atoms with Gasteiger partial charge in [0.05, 0.1) is 49.0 Å². The molecule has 0 aliphatic carbocycles. The summed E-state index contributed by atoms with van der Waals surface area (Å²) in [5.74, 6) is 0.00258. The van der Waals surface area contributed by atoms with Crippen LogP contribution < -0.4 is 25.4 Å². The van der Waals surface area contributed by atoms with E-state index >= 15 is 0 Å². The van der Waals surface area contributed by atoms with Crippen LogP contribution in [0.15, 0.2) is 52.0 Å². The molecule has 2 aromatic heterocycles. The Morgan fingerprint density at radius 1 is 1.02 bits per heavy atom. The molecule has 3 aromatic rings. The molecule has 3 atom stereocenters. The quantitative estimate of drug-likeness (QED) is 0.383. The van der Waals surface area contributed by atoms with Crippen LogP contribution in [0.1, 0.15) is 40.5 Å². The van der Waals surface area contributed by atoms with Crippen LogP contribution in [0.4, 0.5) is 22.9 Å². The number of aryl methyl sites for hydroxylation is 1. The van der Waals surface area contributed by atoms with E-state index in [-0.39, 0.29) is 28.8 Å². The fourth-order valence-corrected chi connectivity index (χ4v) is 7.25. The second-order valence-corrected chi connectivity index (χ2v) is 12.7. The third-order valence-corrected chi connectivity index (χ3v) is 9.44. The Bertz CT molecular complexity index is 1660. The van der Waals surface area contributed by atoms with Crippen molar-refractivity contribution in [3.05, 3.63) is 68.7 Å². The van der Waals surface area contributed by atoms with E-state index in [1.807, 2.05) is 18.3 Å². The second-order valence-electron chi connectivity index (χ2n) is 11.7. The first-order valence-corrected chi connectivity index (χ1v) is 15.8. The Morgan fingerprint density at radius 2 is 1.78 bits per heavy atom. The normalized spacial score (nSPS) is 21.3. The molecule has 2 saturated heterocycles. The zero-order valence-corrected chi connectivity index (χ0v) is 27.4. The van der Waals surface area contributed by atoms with Crippen molar-refractivity contribution < 1.29 is 23.8 Å². The smallest absolute Gasteiger partial charge is 0.338 e. The third-order valence-electron chi connectivity index (χ3n) is 9.01. The third kappa shape index (κ3) is 6.10. The predicted molar refractivity (Wildman–Crippen MR) is 174 cm³/mol. The van der Waals surface area contributed by atoms with Crippen molar-refractivity contribution >= 4 is 50.7 Å². The van der Waals surface area contributed by atoms with Gasteiger partial charge in [-0.1, -0.05) is 0 Å². The Morgan fingerprint density at radius 3 is 2.47 bits per heavy atom. The van der Waals surface area contributed by atoms with Gasteiger partial charge in [-0.25, -0.2) is 14.6 Å². The van der Waals surface area contributed by atoms with Gasteiger partial charge < -0.3 is 33.9 Å². The molecular formula is C32H37BrN6O6. The molecule has 2 fully saturated rings. The standard InChI is InChI=1S/C32H37BrN6O6/c1-19-16-37(9-10-38(19)22-5-6-29(34-15-22)35-26-11-20(33)17-36(2)30(26)40)21-7-8-39-23(12-21)18-45-28-14-25(32(42)44-4)24(13-27(28)39)31(41)43-3/h5-6,11,13-15,17,19,21,23H,7-10,12,16,18H2,1-4H3,(H,34,35)/t19-,21+,23-/m0/s1. The summed E-state index contributed by atoms with van der Waals surface area (Å²) in [5.41, 5.74) is 2.51. The average molecular weight is 682 g/mol. The summed E-state index contributed by atoms with van der Waals surface area (Å²) >= 11 is 3.44. The summed E-state index contributed by atoms with van der Waals surface area (Å²) in [6.07, 6.45) is 5.50. The Hall–Kier alpha value is -4.10. The number of aromatic nitrogens is 2. The summed E-state index contributed by atoms with van der Waals surface area (Å²) in [5, 5.41) is 3.14. The maximum Gasteiger partial charge on any atom is 0.338 e. The highest BCUT2D eigenvalue weighted by Gasteiger charge is 2.39. The number of piperazine rings is 1. The molecule has 0 amide bonds. The number of piperidine rings is 1. The number of methoxy groups -OCH3 is 2. The van der Waals surface area contributed by atoms with E-state index < -0.39 is 11.9 Å². The highest BCUT2D eigenvalue weighted by atomic mass is 79.9. The lowest BCUT2D eigenvalue weighted by molar-refractivity contribution is 0.0554. The van der Waals surface area contributed by atoms with Crippen LogP contribution in [-0.4, -0.2) is 91.5 Å². The topological polar surface area (TPSA) is 118 Å².